The van der Waals surface area contributed by atoms with E-state index in [0.717, 1.165) is 18.4 Å². The van der Waals surface area contributed by atoms with E-state index in [0.29, 0.717) is 31.6 Å². The number of aromatic nitrogens is 3. The SMILES string of the molecule is CC[C@H](C)[C@@H](C(CC(=O)N1CCC[C@H]1[C@@H](OC)C(C)C(=O)N[C@H](Cc1ccccc1)Cn1cc(CO)nn1)OC)N(C)C(=O)[C@@H](NC(=O)[C@H](C(C)C)N(C)C)C(C)C. The quantitative estimate of drug-likeness (QED) is 0.152. The lowest BCUT2D eigenvalue weighted by molar-refractivity contribution is -0.148. The maximum absolute atomic E-state index is 14.3. The van der Waals surface area contributed by atoms with E-state index in [1.165, 1.54) is 0 Å². The maximum atomic E-state index is 14.3. The highest BCUT2D eigenvalue weighted by molar-refractivity contribution is 5.90. The number of carbonyl (C=O) groups is 4. The van der Waals surface area contributed by atoms with E-state index in [4.69, 9.17) is 9.47 Å². The Morgan fingerprint density at radius 3 is 2.16 bits per heavy atom. The van der Waals surface area contributed by atoms with Gasteiger partial charge < -0.3 is 35.0 Å². The van der Waals surface area contributed by atoms with Crippen molar-refractivity contribution in [3.05, 3.63) is 47.8 Å². The number of aliphatic hydroxyl groups excluding tert-OH is 1. The molecule has 3 rings (SSSR count). The molecule has 0 saturated carbocycles. The Labute approximate surface area is 346 Å². The molecule has 0 spiro atoms. The molecule has 1 aliphatic rings. The van der Waals surface area contributed by atoms with Crippen molar-refractivity contribution < 1.29 is 33.8 Å². The van der Waals surface area contributed by atoms with Crippen molar-refractivity contribution in [1.29, 1.82) is 0 Å². The van der Waals surface area contributed by atoms with Crippen LogP contribution in [0.2, 0.25) is 0 Å². The molecular formula is C43H72N8O7. The minimum Gasteiger partial charge on any atom is -0.390 e. The normalized spacial score (nSPS) is 18.7. The number of benzene rings is 1. The number of amides is 4. The number of methoxy groups -OCH3 is 2. The molecule has 9 atom stereocenters. The highest BCUT2D eigenvalue weighted by Crippen LogP contribution is 2.30. The van der Waals surface area contributed by atoms with Crippen molar-refractivity contribution in [3.63, 3.8) is 0 Å². The fourth-order valence-corrected chi connectivity index (χ4v) is 8.53. The first-order chi connectivity index (χ1) is 27.5. The molecule has 326 valence electrons. The van der Waals surface area contributed by atoms with E-state index >= 15 is 0 Å². The van der Waals surface area contributed by atoms with E-state index < -0.39 is 36.3 Å². The van der Waals surface area contributed by atoms with Crippen molar-refractivity contribution in [2.45, 2.75) is 136 Å². The summed E-state index contributed by atoms with van der Waals surface area (Å²) in [6, 6.07) is 7.55. The third-order valence-corrected chi connectivity index (χ3v) is 11.8. The second-order valence-corrected chi connectivity index (χ2v) is 17.0. The number of nitrogens with one attached hydrogen (secondary N) is 2. The molecule has 1 fully saturated rings. The summed E-state index contributed by atoms with van der Waals surface area (Å²) in [7, 11) is 8.60. The molecule has 0 radical (unpaired) electrons. The van der Waals surface area contributed by atoms with Crippen molar-refractivity contribution in [1.82, 2.24) is 40.3 Å². The molecule has 0 bridgehead atoms. The van der Waals surface area contributed by atoms with E-state index in [2.05, 4.69) is 20.9 Å². The zero-order valence-electron chi connectivity index (χ0n) is 37.1. The second kappa shape index (κ2) is 23.0. The Bertz CT molecular complexity index is 1580. The van der Waals surface area contributed by atoms with E-state index in [9.17, 15) is 24.3 Å². The van der Waals surface area contributed by atoms with Crippen LogP contribution in [0.15, 0.2) is 36.5 Å². The Kier molecular flexibility index (Phi) is 19.2. The molecule has 1 saturated heterocycles. The fraction of sp³-hybridized carbons (Fsp3) is 0.721. The summed E-state index contributed by atoms with van der Waals surface area (Å²) in [5.41, 5.74) is 1.49. The molecule has 2 unspecified atom stereocenters. The predicted octanol–water partition coefficient (Wildman–Crippen LogP) is 3.15. The minimum absolute atomic E-state index is 0.0261. The van der Waals surface area contributed by atoms with Gasteiger partial charge in [0.05, 0.1) is 68.1 Å². The molecule has 4 amide bonds. The lowest BCUT2D eigenvalue weighted by Crippen LogP contribution is -2.59. The third-order valence-electron chi connectivity index (χ3n) is 11.8. The number of aliphatic hydroxyl groups is 1. The molecule has 2 aromatic rings. The number of likely N-dealkylation sites (N-methyl/N-ethyl adjacent to an activating group) is 2. The summed E-state index contributed by atoms with van der Waals surface area (Å²) in [5.74, 6) is -1.54. The van der Waals surface area contributed by atoms with Gasteiger partial charge in [0.1, 0.15) is 11.7 Å². The van der Waals surface area contributed by atoms with Gasteiger partial charge in [-0.1, -0.05) is 90.4 Å². The van der Waals surface area contributed by atoms with Crippen LogP contribution in [0.25, 0.3) is 0 Å². The van der Waals surface area contributed by atoms with Gasteiger partial charge in [0.2, 0.25) is 23.6 Å². The van der Waals surface area contributed by atoms with E-state index in [1.807, 2.05) is 103 Å². The molecule has 3 N–H and O–H groups in total. The second-order valence-electron chi connectivity index (χ2n) is 17.0. The van der Waals surface area contributed by atoms with Gasteiger partial charge in [0.25, 0.3) is 0 Å². The fourth-order valence-electron chi connectivity index (χ4n) is 8.53. The summed E-state index contributed by atoms with van der Waals surface area (Å²) in [5, 5.41) is 23.9. The number of nitrogens with zero attached hydrogens (tertiary/aromatic N) is 6. The highest BCUT2D eigenvalue weighted by Gasteiger charge is 2.43. The van der Waals surface area contributed by atoms with Gasteiger partial charge in [-0.2, -0.15) is 0 Å². The summed E-state index contributed by atoms with van der Waals surface area (Å²) >= 11 is 0. The van der Waals surface area contributed by atoms with Crippen LogP contribution < -0.4 is 10.6 Å². The lowest BCUT2D eigenvalue weighted by Gasteiger charge is -2.41. The Balaban J connectivity index is 1.79. The van der Waals surface area contributed by atoms with E-state index in [-0.39, 0.29) is 66.5 Å². The van der Waals surface area contributed by atoms with Crippen LogP contribution in [-0.4, -0.2) is 143 Å². The first-order valence-electron chi connectivity index (χ1n) is 20.9. The van der Waals surface area contributed by atoms with Gasteiger partial charge in [0.15, 0.2) is 0 Å². The Morgan fingerprint density at radius 2 is 1.62 bits per heavy atom. The number of likely N-dealkylation sites (tertiary alicyclic amines) is 1. The van der Waals surface area contributed by atoms with Gasteiger partial charge in [0, 0.05) is 27.8 Å². The molecule has 1 aromatic carbocycles. The monoisotopic (exact) mass is 813 g/mol. The average Bonchev–Trinajstić information content (AvgIpc) is 3.86. The molecule has 58 heavy (non-hydrogen) atoms. The van der Waals surface area contributed by atoms with E-state index in [1.54, 1.807) is 37.0 Å². The maximum Gasteiger partial charge on any atom is 0.245 e. The molecule has 0 aliphatic carbocycles. The summed E-state index contributed by atoms with van der Waals surface area (Å²) in [6.45, 7) is 14.4. The topological polar surface area (TPSA) is 171 Å². The van der Waals surface area contributed by atoms with Crippen LogP contribution in [-0.2, 0) is 48.2 Å². The molecule has 15 heteroatoms. The number of ether oxygens (including phenoxy) is 2. The third kappa shape index (κ3) is 12.8. The zero-order valence-corrected chi connectivity index (χ0v) is 37.1. The minimum atomic E-state index is -0.766. The van der Waals surface area contributed by atoms with Crippen LogP contribution in [0.3, 0.4) is 0 Å². The van der Waals surface area contributed by atoms with Crippen LogP contribution in [0.4, 0.5) is 0 Å². The van der Waals surface area contributed by atoms with Crippen molar-refractivity contribution >= 4 is 23.6 Å². The van der Waals surface area contributed by atoms with Crippen LogP contribution in [0, 0.1) is 23.7 Å². The molecule has 2 heterocycles. The number of hydrogen-bond acceptors (Lipinski definition) is 10. The molecule has 1 aromatic heterocycles. The molecule has 1 aliphatic heterocycles. The number of rotatable bonds is 23. The van der Waals surface area contributed by atoms with Gasteiger partial charge >= 0.3 is 0 Å². The summed E-state index contributed by atoms with van der Waals surface area (Å²) in [6.07, 6.45) is 3.18. The number of hydrogen-bond donors (Lipinski definition) is 3. The van der Waals surface area contributed by atoms with Gasteiger partial charge in [-0.05, 0) is 56.7 Å². The van der Waals surface area contributed by atoms with Gasteiger partial charge in [-0.15, -0.1) is 5.10 Å². The molecule has 15 nitrogen and oxygen atoms in total. The summed E-state index contributed by atoms with van der Waals surface area (Å²) < 4.78 is 13.7. The zero-order chi connectivity index (χ0) is 43.3. The first-order valence-corrected chi connectivity index (χ1v) is 20.9. The number of carbonyl (C=O) groups excluding carboxylic acids is 4. The highest BCUT2D eigenvalue weighted by atomic mass is 16.5. The van der Waals surface area contributed by atoms with Gasteiger partial charge in [-0.3, -0.25) is 28.8 Å². The Morgan fingerprint density at radius 1 is 0.948 bits per heavy atom. The predicted molar refractivity (Wildman–Crippen MR) is 223 cm³/mol. The lowest BCUT2D eigenvalue weighted by atomic mass is 9.89. The van der Waals surface area contributed by atoms with Crippen LogP contribution >= 0.6 is 0 Å². The first kappa shape index (κ1) is 48.4. The standard InChI is InChI=1S/C43H72N8O7/c1-13-29(6)39(49(10)43(56)37(27(2)3)45-42(55)38(28(4)5)48(8)9)35(57-11)23-36(53)51-21-17-20-34(51)40(58-12)30(7)41(54)44-32(22-31-18-15-14-16-19-31)24-50-25-33(26-52)46-47-50/h14-16,18-19,25,27-30,32,34-35,37-40,52H,13,17,20-24,26H2,1-12H3,(H,44,54)(H,45,55)/t29-,30?,32+,34-,35?,37-,38-,39-,40-/m0/s1. The van der Waals surface area contributed by atoms with Crippen LogP contribution in [0.1, 0.15) is 85.4 Å². The Hall–Kier alpha value is -3.92. The van der Waals surface area contributed by atoms with Crippen molar-refractivity contribution in [2.75, 3.05) is 41.9 Å². The largest absolute Gasteiger partial charge is 0.390 e. The van der Waals surface area contributed by atoms with Crippen molar-refractivity contribution in [2.24, 2.45) is 23.7 Å². The summed E-state index contributed by atoms with van der Waals surface area (Å²) in [4.78, 5) is 61.5. The smallest absolute Gasteiger partial charge is 0.245 e. The molecular weight excluding hydrogens is 741 g/mol. The van der Waals surface area contributed by atoms with Gasteiger partial charge in [-0.25, -0.2) is 0 Å². The van der Waals surface area contributed by atoms with Crippen molar-refractivity contribution in [3.8, 4) is 0 Å². The van der Waals surface area contributed by atoms with Crippen LogP contribution in [0.5, 0.6) is 0 Å². The average molecular weight is 813 g/mol.